The van der Waals surface area contributed by atoms with Crippen LogP contribution in [-0.2, 0) is 11.3 Å². The van der Waals surface area contributed by atoms with Gasteiger partial charge in [-0.25, -0.2) is 0 Å². The highest BCUT2D eigenvalue weighted by Gasteiger charge is 2.41. The van der Waals surface area contributed by atoms with Crippen molar-refractivity contribution in [2.75, 3.05) is 19.6 Å². The molecule has 1 amide bonds. The van der Waals surface area contributed by atoms with Crippen LogP contribution in [-0.4, -0.2) is 41.1 Å². The van der Waals surface area contributed by atoms with E-state index in [1.54, 1.807) is 0 Å². The SMILES string of the molecule is O=C1N(CCC2CCCCC2)CCC[C@]1(O)CNCc1cccc(Cl)c1. The summed E-state index contributed by atoms with van der Waals surface area (Å²) in [6, 6.07) is 7.64. The Morgan fingerprint density at radius 1 is 1.23 bits per heavy atom. The first-order valence-electron chi connectivity index (χ1n) is 10.0. The van der Waals surface area contributed by atoms with Crippen molar-refractivity contribution in [2.24, 2.45) is 5.92 Å². The quantitative estimate of drug-likeness (QED) is 0.759. The molecule has 2 fully saturated rings. The van der Waals surface area contributed by atoms with Gasteiger partial charge in [0, 0.05) is 31.2 Å². The van der Waals surface area contributed by atoms with Crippen molar-refractivity contribution in [2.45, 2.75) is 63.5 Å². The Balaban J connectivity index is 1.48. The smallest absolute Gasteiger partial charge is 0.255 e. The van der Waals surface area contributed by atoms with E-state index < -0.39 is 5.60 Å². The summed E-state index contributed by atoms with van der Waals surface area (Å²) in [5, 5.41) is 14.8. The molecule has 4 nitrogen and oxygen atoms in total. The summed E-state index contributed by atoms with van der Waals surface area (Å²) < 4.78 is 0. The minimum Gasteiger partial charge on any atom is -0.379 e. The Kier molecular flexibility index (Phi) is 6.96. The second-order valence-corrected chi connectivity index (χ2v) is 8.39. The van der Waals surface area contributed by atoms with Gasteiger partial charge in [0.15, 0.2) is 5.60 Å². The van der Waals surface area contributed by atoms with Crippen molar-refractivity contribution in [3.8, 4) is 0 Å². The highest BCUT2D eigenvalue weighted by Crippen LogP contribution is 2.28. The van der Waals surface area contributed by atoms with Gasteiger partial charge in [0.2, 0.25) is 0 Å². The van der Waals surface area contributed by atoms with Crippen molar-refractivity contribution >= 4 is 17.5 Å². The number of hydrogen-bond acceptors (Lipinski definition) is 3. The van der Waals surface area contributed by atoms with Gasteiger partial charge in [-0.2, -0.15) is 0 Å². The first-order valence-corrected chi connectivity index (χ1v) is 10.4. The lowest BCUT2D eigenvalue weighted by Gasteiger charge is -2.39. The first-order chi connectivity index (χ1) is 12.6. The normalized spacial score (nSPS) is 24.8. The van der Waals surface area contributed by atoms with E-state index in [1.165, 1.54) is 32.1 Å². The van der Waals surface area contributed by atoms with Crippen LogP contribution < -0.4 is 5.32 Å². The second kappa shape index (κ2) is 9.20. The number of benzene rings is 1. The van der Waals surface area contributed by atoms with E-state index in [2.05, 4.69) is 5.32 Å². The Morgan fingerprint density at radius 3 is 2.81 bits per heavy atom. The van der Waals surface area contributed by atoms with Crippen LogP contribution in [0.25, 0.3) is 0 Å². The van der Waals surface area contributed by atoms with E-state index in [4.69, 9.17) is 11.6 Å². The lowest BCUT2D eigenvalue weighted by atomic mass is 9.86. The molecule has 0 radical (unpaired) electrons. The molecular formula is C21H31ClN2O2. The summed E-state index contributed by atoms with van der Waals surface area (Å²) in [6.07, 6.45) is 9.10. The van der Waals surface area contributed by atoms with E-state index in [9.17, 15) is 9.90 Å². The van der Waals surface area contributed by atoms with Crippen LogP contribution in [0.2, 0.25) is 5.02 Å². The minimum atomic E-state index is -1.27. The maximum Gasteiger partial charge on any atom is 0.255 e. The molecule has 1 saturated carbocycles. The molecule has 1 aromatic rings. The van der Waals surface area contributed by atoms with Gasteiger partial charge in [-0.15, -0.1) is 0 Å². The fourth-order valence-electron chi connectivity index (χ4n) is 4.32. The monoisotopic (exact) mass is 378 g/mol. The number of nitrogens with one attached hydrogen (secondary N) is 1. The van der Waals surface area contributed by atoms with E-state index >= 15 is 0 Å². The predicted octanol–water partition coefficient (Wildman–Crippen LogP) is 3.75. The molecule has 1 heterocycles. The molecule has 5 heteroatoms. The number of likely N-dealkylation sites (tertiary alicyclic amines) is 1. The average Bonchev–Trinajstić information content (AvgIpc) is 2.64. The Morgan fingerprint density at radius 2 is 2.04 bits per heavy atom. The molecule has 0 spiro atoms. The van der Waals surface area contributed by atoms with E-state index in [1.807, 2.05) is 29.2 Å². The number of hydrogen-bond donors (Lipinski definition) is 2. The summed E-state index contributed by atoms with van der Waals surface area (Å²) in [5.41, 5.74) is -0.220. The third kappa shape index (κ3) is 5.21. The van der Waals surface area contributed by atoms with Crippen molar-refractivity contribution in [1.82, 2.24) is 10.2 Å². The summed E-state index contributed by atoms with van der Waals surface area (Å²) in [5.74, 6) is 0.658. The topological polar surface area (TPSA) is 52.6 Å². The molecule has 26 heavy (non-hydrogen) atoms. The second-order valence-electron chi connectivity index (χ2n) is 7.95. The highest BCUT2D eigenvalue weighted by molar-refractivity contribution is 6.30. The van der Waals surface area contributed by atoms with Crippen LogP contribution in [0.5, 0.6) is 0 Å². The van der Waals surface area contributed by atoms with E-state index in [-0.39, 0.29) is 12.5 Å². The van der Waals surface area contributed by atoms with Gasteiger partial charge >= 0.3 is 0 Å². The van der Waals surface area contributed by atoms with Crippen molar-refractivity contribution in [3.05, 3.63) is 34.9 Å². The summed E-state index contributed by atoms with van der Waals surface area (Å²) in [6.45, 7) is 2.46. The number of amides is 1. The molecule has 144 valence electrons. The Hall–Kier alpha value is -1.10. The zero-order valence-corrected chi connectivity index (χ0v) is 16.3. The minimum absolute atomic E-state index is 0.0989. The molecule has 1 aliphatic carbocycles. The number of nitrogens with zero attached hydrogens (tertiary/aromatic N) is 1. The van der Waals surface area contributed by atoms with Gasteiger partial charge in [-0.1, -0.05) is 55.8 Å². The largest absolute Gasteiger partial charge is 0.379 e. The van der Waals surface area contributed by atoms with E-state index in [0.29, 0.717) is 18.0 Å². The average molecular weight is 379 g/mol. The standard InChI is InChI=1S/C21H31ClN2O2/c22-19-9-4-8-18(14-19)15-23-16-21(26)11-5-12-24(20(21)25)13-10-17-6-2-1-3-7-17/h4,8-9,14,17,23,26H,1-3,5-7,10-13,15-16H2/t21-/m0/s1. The fraction of sp³-hybridized carbons (Fsp3) is 0.667. The Bertz CT molecular complexity index is 603. The number of halogens is 1. The lowest BCUT2D eigenvalue weighted by molar-refractivity contribution is -0.156. The molecule has 0 aromatic heterocycles. The lowest BCUT2D eigenvalue weighted by Crippen LogP contribution is -2.58. The van der Waals surface area contributed by atoms with Gasteiger partial charge in [-0.05, 0) is 42.9 Å². The van der Waals surface area contributed by atoms with Crippen LogP contribution in [0, 0.1) is 5.92 Å². The number of piperidine rings is 1. The van der Waals surface area contributed by atoms with Crippen LogP contribution >= 0.6 is 11.6 Å². The predicted molar refractivity (Wildman–Crippen MR) is 105 cm³/mol. The summed E-state index contributed by atoms with van der Waals surface area (Å²) in [7, 11) is 0. The van der Waals surface area contributed by atoms with Gasteiger partial charge in [-0.3, -0.25) is 4.79 Å². The molecule has 1 saturated heterocycles. The molecule has 2 aliphatic rings. The van der Waals surface area contributed by atoms with Crippen molar-refractivity contribution in [3.63, 3.8) is 0 Å². The summed E-state index contributed by atoms with van der Waals surface area (Å²) >= 11 is 6.00. The van der Waals surface area contributed by atoms with Crippen LogP contribution in [0.3, 0.4) is 0 Å². The van der Waals surface area contributed by atoms with E-state index in [0.717, 1.165) is 37.4 Å². The zero-order chi connectivity index (χ0) is 18.4. The molecule has 1 atom stereocenters. The maximum atomic E-state index is 12.8. The molecule has 1 aromatic carbocycles. The number of carbonyl (C=O) groups is 1. The molecular weight excluding hydrogens is 348 g/mol. The number of aliphatic hydroxyl groups is 1. The van der Waals surface area contributed by atoms with Gasteiger partial charge in [0.05, 0.1) is 0 Å². The highest BCUT2D eigenvalue weighted by atomic mass is 35.5. The number of carbonyl (C=O) groups excluding carboxylic acids is 1. The van der Waals surface area contributed by atoms with Crippen molar-refractivity contribution in [1.29, 1.82) is 0 Å². The van der Waals surface area contributed by atoms with Crippen LogP contribution in [0.1, 0.15) is 56.9 Å². The van der Waals surface area contributed by atoms with Gasteiger partial charge in [0.25, 0.3) is 5.91 Å². The molecule has 0 bridgehead atoms. The Labute approximate surface area is 161 Å². The van der Waals surface area contributed by atoms with Crippen molar-refractivity contribution < 1.29 is 9.90 Å². The number of rotatable bonds is 7. The third-order valence-electron chi connectivity index (χ3n) is 5.87. The molecule has 1 aliphatic heterocycles. The molecule has 0 unspecified atom stereocenters. The fourth-order valence-corrected chi connectivity index (χ4v) is 4.53. The molecule has 3 rings (SSSR count). The van der Waals surface area contributed by atoms with Gasteiger partial charge in [0.1, 0.15) is 0 Å². The molecule has 2 N–H and O–H groups in total. The first kappa shape index (κ1) is 19.7. The van der Waals surface area contributed by atoms with Gasteiger partial charge < -0.3 is 15.3 Å². The van der Waals surface area contributed by atoms with Crippen LogP contribution in [0.15, 0.2) is 24.3 Å². The third-order valence-corrected chi connectivity index (χ3v) is 6.11. The summed E-state index contributed by atoms with van der Waals surface area (Å²) in [4.78, 5) is 14.7. The van der Waals surface area contributed by atoms with Crippen LogP contribution in [0.4, 0.5) is 0 Å². The zero-order valence-electron chi connectivity index (χ0n) is 15.6. The maximum absolute atomic E-state index is 12.8.